The molecule has 43 heavy (non-hydrogen) atoms. The van der Waals surface area contributed by atoms with Crippen molar-refractivity contribution in [3.63, 3.8) is 0 Å². The van der Waals surface area contributed by atoms with Crippen LogP contribution in [0.15, 0.2) is 66.9 Å². The van der Waals surface area contributed by atoms with Gasteiger partial charge in [-0.1, -0.05) is 35.9 Å². The fourth-order valence-corrected chi connectivity index (χ4v) is 6.27. The van der Waals surface area contributed by atoms with Crippen LogP contribution in [0.4, 0.5) is 0 Å². The lowest BCUT2D eigenvalue weighted by Crippen LogP contribution is -2.35. The number of hydrogen-bond donors (Lipinski definition) is 1. The zero-order valence-corrected chi connectivity index (χ0v) is 24.4. The summed E-state index contributed by atoms with van der Waals surface area (Å²) in [5.74, 6) is 0.964. The van der Waals surface area contributed by atoms with E-state index in [2.05, 4.69) is 20.5 Å². The quantitative estimate of drug-likeness (QED) is 0.218. The van der Waals surface area contributed by atoms with Crippen molar-refractivity contribution in [3.05, 3.63) is 94.5 Å². The minimum Gasteiger partial charge on any atom is -0.478 e. The van der Waals surface area contributed by atoms with Crippen molar-refractivity contribution < 1.29 is 19.4 Å². The topological polar surface area (TPSA) is 103 Å². The van der Waals surface area contributed by atoms with E-state index in [1.54, 1.807) is 30.5 Å². The highest BCUT2D eigenvalue weighted by Crippen LogP contribution is 2.30. The van der Waals surface area contributed by atoms with Crippen molar-refractivity contribution in [1.29, 1.82) is 0 Å². The second-order valence-corrected chi connectivity index (χ2v) is 11.7. The fourth-order valence-electron chi connectivity index (χ4n) is 6.06. The molecule has 1 atom stereocenters. The maximum Gasteiger partial charge on any atom is 0.335 e. The number of rotatable bonds is 9. The van der Waals surface area contributed by atoms with E-state index in [0.29, 0.717) is 36.5 Å². The second kappa shape index (κ2) is 11.9. The predicted octanol–water partition coefficient (Wildman–Crippen LogP) is 6.08. The van der Waals surface area contributed by atoms with Gasteiger partial charge in [0, 0.05) is 41.4 Å². The molecular formula is C33H32ClN5O4. The molecule has 0 radical (unpaired) electrons. The third-order valence-electron chi connectivity index (χ3n) is 8.55. The van der Waals surface area contributed by atoms with Crippen LogP contribution in [-0.2, 0) is 24.4 Å². The largest absolute Gasteiger partial charge is 0.478 e. The first-order valence-corrected chi connectivity index (χ1v) is 15.1. The zero-order chi connectivity index (χ0) is 29.3. The van der Waals surface area contributed by atoms with E-state index in [4.69, 9.17) is 31.0 Å². The molecule has 2 fully saturated rings. The van der Waals surface area contributed by atoms with Gasteiger partial charge in [-0.3, -0.25) is 9.88 Å². The molecule has 1 unspecified atom stereocenters. The number of halogens is 1. The van der Waals surface area contributed by atoms with Gasteiger partial charge in [0.15, 0.2) is 0 Å². The van der Waals surface area contributed by atoms with E-state index in [-0.39, 0.29) is 11.7 Å². The summed E-state index contributed by atoms with van der Waals surface area (Å²) in [5, 5.41) is 11.1. The number of carbonyl (C=O) groups is 1. The van der Waals surface area contributed by atoms with E-state index >= 15 is 0 Å². The molecule has 3 aromatic heterocycles. The molecule has 0 spiro atoms. The molecule has 2 saturated heterocycles. The number of hydrogen-bond acceptors (Lipinski definition) is 7. The minimum atomic E-state index is -0.934. The van der Waals surface area contributed by atoms with Crippen molar-refractivity contribution in [3.8, 4) is 5.88 Å². The molecular weight excluding hydrogens is 566 g/mol. The Kier molecular flexibility index (Phi) is 7.69. The van der Waals surface area contributed by atoms with Crippen LogP contribution in [0.25, 0.3) is 21.9 Å². The number of pyridine rings is 2. The van der Waals surface area contributed by atoms with Gasteiger partial charge in [0.05, 0.1) is 46.3 Å². The lowest BCUT2D eigenvalue weighted by molar-refractivity contribution is -0.0592. The first-order chi connectivity index (χ1) is 21.0. The predicted molar refractivity (Wildman–Crippen MR) is 164 cm³/mol. The molecule has 2 aromatic carbocycles. The molecule has 220 valence electrons. The number of fused-ring (bicyclic) bond motifs is 2. The summed E-state index contributed by atoms with van der Waals surface area (Å²) in [5.41, 5.74) is 4.80. The number of imidazole rings is 1. The minimum absolute atomic E-state index is 0.144. The summed E-state index contributed by atoms with van der Waals surface area (Å²) in [6, 6.07) is 18.9. The summed E-state index contributed by atoms with van der Waals surface area (Å²) in [7, 11) is 0. The van der Waals surface area contributed by atoms with E-state index < -0.39 is 5.97 Å². The summed E-state index contributed by atoms with van der Waals surface area (Å²) in [6.45, 7) is 4.36. The Labute approximate surface area is 254 Å². The lowest BCUT2D eigenvalue weighted by Gasteiger charge is -2.32. The van der Waals surface area contributed by atoms with Crippen molar-refractivity contribution in [2.45, 2.75) is 51.0 Å². The van der Waals surface area contributed by atoms with Crippen LogP contribution in [0.5, 0.6) is 5.88 Å². The number of ether oxygens (including phenoxy) is 2. The van der Waals surface area contributed by atoms with Gasteiger partial charge in [-0.05, 0) is 62.7 Å². The standard InChI is InChI=1S/C33H32ClN5O4/c34-26-9-13-35-32-23(3-1-4-25(26)32)20-43-31-6-2-5-27(37-31)21-10-14-38(15-11-21)19-30-36-28-8-7-22(33(40)41)17-29(28)39(30)18-24-12-16-42-24/h1-9,13,17,21,24H,10-12,14-16,18-20H2,(H,40,41). The first kappa shape index (κ1) is 27.8. The molecule has 10 heteroatoms. The number of nitrogens with zero attached hydrogens (tertiary/aromatic N) is 5. The van der Waals surface area contributed by atoms with E-state index in [9.17, 15) is 9.90 Å². The molecule has 9 nitrogen and oxygen atoms in total. The lowest BCUT2D eigenvalue weighted by atomic mass is 9.93. The highest BCUT2D eigenvalue weighted by molar-refractivity contribution is 6.35. The van der Waals surface area contributed by atoms with Gasteiger partial charge in [-0.15, -0.1) is 0 Å². The van der Waals surface area contributed by atoms with Crippen molar-refractivity contribution in [2.24, 2.45) is 0 Å². The van der Waals surface area contributed by atoms with Gasteiger partial charge in [-0.2, -0.15) is 0 Å². The number of likely N-dealkylation sites (tertiary alicyclic amines) is 1. The second-order valence-electron chi connectivity index (χ2n) is 11.3. The smallest absolute Gasteiger partial charge is 0.335 e. The number of aromatic carboxylic acids is 1. The molecule has 5 heterocycles. The third-order valence-corrected chi connectivity index (χ3v) is 8.88. The summed E-state index contributed by atoms with van der Waals surface area (Å²) in [4.78, 5) is 28.3. The highest BCUT2D eigenvalue weighted by Gasteiger charge is 2.26. The van der Waals surface area contributed by atoms with E-state index in [0.717, 1.165) is 78.0 Å². The van der Waals surface area contributed by atoms with Gasteiger partial charge in [-0.25, -0.2) is 14.8 Å². The normalized spacial score (nSPS) is 17.7. The molecule has 2 aliphatic heterocycles. The number of piperidine rings is 1. The Morgan fingerprint density at radius 1 is 1.05 bits per heavy atom. The number of carboxylic acids is 1. The van der Waals surface area contributed by atoms with Gasteiger partial charge < -0.3 is 19.1 Å². The average Bonchev–Trinajstić information content (AvgIpc) is 3.34. The molecule has 1 N–H and O–H groups in total. The average molecular weight is 598 g/mol. The number of aromatic nitrogens is 4. The zero-order valence-electron chi connectivity index (χ0n) is 23.7. The van der Waals surface area contributed by atoms with Crippen LogP contribution in [0, 0.1) is 0 Å². The Morgan fingerprint density at radius 2 is 1.88 bits per heavy atom. The highest BCUT2D eigenvalue weighted by atomic mass is 35.5. The molecule has 5 aromatic rings. The molecule has 0 aliphatic carbocycles. The van der Waals surface area contributed by atoms with E-state index in [1.165, 1.54) is 0 Å². The number of para-hydroxylation sites is 1. The summed E-state index contributed by atoms with van der Waals surface area (Å²) < 4.78 is 14.0. The third kappa shape index (κ3) is 5.80. The fraction of sp³-hybridized carbons (Fsp3) is 0.333. The van der Waals surface area contributed by atoms with Crippen LogP contribution in [0.3, 0.4) is 0 Å². The Morgan fingerprint density at radius 3 is 2.67 bits per heavy atom. The van der Waals surface area contributed by atoms with Crippen LogP contribution < -0.4 is 4.74 Å². The first-order valence-electron chi connectivity index (χ1n) is 14.7. The summed E-state index contributed by atoms with van der Waals surface area (Å²) >= 11 is 6.35. The van der Waals surface area contributed by atoms with Crippen LogP contribution in [-0.4, -0.2) is 61.3 Å². The monoisotopic (exact) mass is 597 g/mol. The van der Waals surface area contributed by atoms with Gasteiger partial charge >= 0.3 is 5.97 Å². The number of carboxylic acid groups (broad SMARTS) is 1. The van der Waals surface area contributed by atoms with Crippen molar-refractivity contribution >= 4 is 39.5 Å². The SMILES string of the molecule is O=C(O)c1ccc2nc(CN3CCC(c4cccc(OCc5cccc6c(Cl)ccnc56)n4)CC3)n(CC3CCO3)c2c1. The molecule has 0 saturated carbocycles. The van der Waals surface area contributed by atoms with Gasteiger partial charge in [0.25, 0.3) is 0 Å². The van der Waals surface area contributed by atoms with Crippen LogP contribution in [0.1, 0.15) is 52.6 Å². The van der Waals surface area contributed by atoms with Crippen molar-refractivity contribution in [1.82, 2.24) is 24.4 Å². The molecule has 2 aliphatic rings. The van der Waals surface area contributed by atoms with Gasteiger partial charge in [0.2, 0.25) is 5.88 Å². The molecule has 0 amide bonds. The van der Waals surface area contributed by atoms with Crippen LogP contribution in [0.2, 0.25) is 5.02 Å². The maximum atomic E-state index is 11.6. The Hall–Kier alpha value is -4.05. The Balaban J connectivity index is 1.01. The molecule has 7 rings (SSSR count). The number of benzene rings is 2. The van der Waals surface area contributed by atoms with Crippen LogP contribution >= 0.6 is 11.6 Å². The Bertz CT molecular complexity index is 1800. The van der Waals surface area contributed by atoms with Gasteiger partial charge in [0.1, 0.15) is 12.4 Å². The molecule has 0 bridgehead atoms. The van der Waals surface area contributed by atoms with Crippen molar-refractivity contribution in [2.75, 3.05) is 19.7 Å². The van der Waals surface area contributed by atoms with E-state index in [1.807, 2.05) is 30.3 Å². The maximum absolute atomic E-state index is 11.6. The summed E-state index contributed by atoms with van der Waals surface area (Å²) in [6.07, 6.45) is 4.83.